The molecule has 2 N–H and O–H groups in total. The van der Waals surface area contributed by atoms with Crippen molar-refractivity contribution >= 4 is 11.9 Å². The lowest BCUT2D eigenvalue weighted by atomic mass is 10.1. The van der Waals surface area contributed by atoms with E-state index < -0.39 is 17.9 Å². The normalized spacial score (nSPS) is 11.3. The Kier molecular flexibility index (Phi) is 4.94. The van der Waals surface area contributed by atoms with E-state index in [0.29, 0.717) is 5.56 Å². The van der Waals surface area contributed by atoms with Gasteiger partial charge in [-0.2, -0.15) is 0 Å². The van der Waals surface area contributed by atoms with Gasteiger partial charge in [-0.15, -0.1) is 12.3 Å². The fraction of sp³-hybridized carbons (Fsp3) is 0.286. The van der Waals surface area contributed by atoms with Gasteiger partial charge in [0, 0.05) is 12.0 Å². The number of carboxylic acids is 1. The Morgan fingerprint density at radius 2 is 2.00 bits per heavy atom. The molecule has 0 aliphatic heterocycles. The number of rotatable bonds is 5. The molecule has 0 aliphatic carbocycles. The SMILES string of the molecule is C#CCC(NC(=O)c1ccc(CC)cc1)C(=O)O. The van der Waals surface area contributed by atoms with Crippen molar-refractivity contribution in [1.29, 1.82) is 0 Å². The Hall–Kier alpha value is -2.28. The average molecular weight is 245 g/mol. The zero-order valence-corrected chi connectivity index (χ0v) is 10.1. The number of nitrogens with one attached hydrogen (secondary N) is 1. The van der Waals surface area contributed by atoms with Crippen molar-refractivity contribution < 1.29 is 14.7 Å². The maximum Gasteiger partial charge on any atom is 0.327 e. The summed E-state index contributed by atoms with van der Waals surface area (Å²) in [6.07, 6.45) is 5.91. The maximum absolute atomic E-state index is 11.8. The van der Waals surface area contributed by atoms with Crippen LogP contribution in [0, 0.1) is 12.3 Å². The van der Waals surface area contributed by atoms with Crippen molar-refractivity contribution in [3.05, 3.63) is 35.4 Å². The fourth-order valence-electron chi connectivity index (χ4n) is 1.45. The summed E-state index contributed by atoms with van der Waals surface area (Å²) < 4.78 is 0. The van der Waals surface area contributed by atoms with E-state index in [9.17, 15) is 9.59 Å². The van der Waals surface area contributed by atoms with Crippen LogP contribution in [0.2, 0.25) is 0 Å². The van der Waals surface area contributed by atoms with Crippen LogP contribution in [0.5, 0.6) is 0 Å². The summed E-state index contributed by atoms with van der Waals surface area (Å²) in [7, 11) is 0. The average Bonchev–Trinajstić information content (AvgIpc) is 2.38. The summed E-state index contributed by atoms with van der Waals surface area (Å²) in [5.41, 5.74) is 1.54. The first-order chi connectivity index (χ1) is 8.58. The van der Waals surface area contributed by atoms with E-state index >= 15 is 0 Å². The highest BCUT2D eigenvalue weighted by Gasteiger charge is 2.19. The second-order valence-corrected chi connectivity index (χ2v) is 3.82. The molecule has 1 unspecified atom stereocenters. The van der Waals surface area contributed by atoms with Gasteiger partial charge in [-0.05, 0) is 24.1 Å². The highest BCUT2D eigenvalue weighted by molar-refractivity contribution is 5.96. The summed E-state index contributed by atoms with van der Waals surface area (Å²) in [5.74, 6) is 0.665. The predicted octanol–water partition coefficient (Wildman–Crippen LogP) is 1.46. The Morgan fingerprint density at radius 3 is 2.44 bits per heavy atom. The van der Waals surface area contributed by atoms with E-state index in [1.54, 1.807) is 12.1 Å². The molecule has 0 fully saturated rings. The van der Waals surface area contributed by atoms with Crippen molar-refractivity contribution in [1.82, 2.24) is 5.32 Å². The lowest BCUT2D eigenvalue weighted by Crippen LogP contribution is -2.40. The summed E-state index contributed by atoms with van der Waals surface area (Å²) >= 11 is 0. The lowest BCUT2D eigenvalue weighted by Gasteiger charge is -2.11. The van der Waals surface area contributed by atoms with Gasteiger partial charge in [-0.1, -0.05) is 19.1 Å². The van der Waals surface area contributed by atoms with Gasteiger partial charge in [0.2, 0.25) is 0 Å². The van der Waals surface area contributed by atoms with Gasteiger partial charge in [0.25, 0.3) is 5.91 Å². The molecule has 0 aliphatic rings. The first kappa shape index (κ1) is 13.8. The molecule has 0 saturated heterocycles. The number of aryl methyl sites for hydroxylation is 1. The van der Waals surface area contributed by atoms with Gasteiger partial charge >= 0.3 is 5.97 Å². The van der Waals surface area contributed by atoms with Gasteiger partial charge in [0.05, 0.1) is 0 Å². The van der Waals surface area contributed by atoms with Gasteiger partial charge in [-0.25, -0.2) is 4.79 Å². The van der Waals surface area contributed by atoms with Crippen molar-refractivity contribution in [3.8, 4) is 12.3 Å². The third-order valence-corrected chi connectivity index (χ3v) is 2.55. The standard InChI is InChI=1S/C14H15NO3/c1-3-5-12(14(17)18)15-13(16)11-8-6-10(4-2)7-9-11/h1,6-9,12H,4-5H2,2H3,(H,15,16)(H,17,18). The highest BCUT2D eigenvalue weighted by atomic mass is 16.4. The van der Waals surface area contributed by atoms with Gasteiger partial charge in [-0.3, -0.25) is 4.79 Å². The minimum absolute atomic E-state index is 0.0336. The quantitative estimate of drug-likeness (QED) is 0.772. The molecule has 4 heteroatoms. The molecule has 1 rings (SSSR count). The number of terminal acetylenes is 1. The lowest BCUT2D eigenvalue weighted by molar-refractivity contribution is -0.139. The number of aliphatic carboxylic acids is 1. The van der Waals surface area contributed by atoms with Crippen molar-refractivity contribution in [2.24, 2.45) is 0 Å². The zero-order chi connectivity index (χ0) is 13.5. The van der Waals surface area contributed by atoms with Crippen LogP contribution in [-0.4, -0.2) is 23.0 Å². The molecule has 4 nitrogen and oxygen atoms in total. The maximum atomic E-state index is 11.8. The summed E-state index contributed by atoms with van der Waals surface area (Å²) in [6, 6.07) is 5.97. The largest absolute Gasteiger partial charge is 0.480 e. The van der Waals surface area contributed by atoms with Crippen molar-refractivity contribution in [2.45, 2.75) is 25.8 Å². The smallest absolute Gasteiger partial charge is 0.327 e. The van der Waals surface area contributed by atoms with Gasteiger partial charge in [0.15, 0.2) is 0 Å². The molecule has 94 valence electrons. The minimum Gasteiger partial charge on any atom is -0.480 e. The van der Waals surface area contributed by atoms with Crippen molar-refractivity contribution in [2.75, 3.05) is 0 Å². The molecule has 0 heterocycles. The summed E-state index contributed by atoms with van der Waals surface area (Å²) in [5, 5.41) is 11.3. The first-order valence-corrected chi connectivity index (χ1v) is 5.64. The number of carbonyl (C=O) groups is 2. The Bertz CT molecular complexity index is 471. The Balaban J connectivity index is 2.74. The third-order valence-electron chi connectivity index (χ3n) is 2.55. The van der Waals surface area contributed by atoms with Gasteiger partial charge in [0.1, 0.15) is 6.04 Å². The first-order valence-electron chi connectivity index (χ1n) is 5.64. The molecule has 1 atom stereocenters. The number of hydrogen-bond donors (Lipinski definition) is 2. The number of amides is 1. The van der Waals surface area contributed by atoms with E-state index in [0.717, 1.165) is 12.0 Å². The predicted molar refractivity (Wildman–Crippen MR) is 68.2 cm³/mol. The molecular weight excluding hydrogens is 230 g/mol. The molecular formula is C14H15NO3. The number of benzene rings is 1. The third kappa shape index (κ3) is 3.63. The van der Waals surface area contributed by atoms with E-state index in [4.69, 9.17) is 11.5 Å². The second-order valence-electron chi connectivity index (χ2n) is 3.82. The second kappa shape index (κ2) is 6.45. The van der Waals surface area contributed by atoms with Crippen molar-refractivity contribution in [3.63, 3.8) is 0 Å². The topological polar surface area (TPSA) is 66.4 Å². The summed E-state index contributed by atoms with van der Waals surface area (Å²) in [6.45, 7) is 2.02. The van der Waals surface area contributed by atoms with Crippen LogP contribution in [0.15, 0.2) is 24.3 Å². The van der Waals surface area contributed by atoms with E-state index in [1.807, 2.05) is 19.1 Å². The van der Waals surface area contributed by atoms with Crippen LogP contribution >= 0.6 is 0 Å². The molecule has 0 radical (unpaired) electrons. The van der Waals surface area contributed by atoms with Crippen LogP contribution in [0.1, 0.15) is 29.3 Å². The van der Waals surface area contributed by atoms with E-state index in [2.05, 4.69) is 11.2 Å². The number of carbonyl (C=O) groups excluding carboxylic acids is 1. The Labute approximate surface area is 106 Å². The molecule has 18 heavy (non-hydrogen) atoms. The van der Waals surface area contributed by atoms with Crippen LogP contribution < -0.4 is 5.32 Å². The molecule has 0 bridgehead atoms. The van der Waals surface area contributed by atoms with Crippen LogP contribution in [-0.2, 0) is 11.2 Å². The highest BCUT2D eigenvalue weighted by Crippen LogP contribution is 2.05. The number of carboxylic acid groups (broad SMARTS) is 1. The molecule has 1 aromatic rings. The van der Waals surface area contributed by atoms with Crippen LogP contribution in [0.3, 0.4) is 0 Å². The van der Waals surface area contributed by atoms with Gasteiger partial charge < -0.3 is 10.4 Å². The molecule has 1 aromatic carbocycles. The van der Waals surface area contributed by atoms with Crippen LogP contribution in [0.25, 0.3) is 0 Å². The van der Waals surface area contributed by atoms with E-state index in [-0.39, 0.29) is 6.42 Å². The molecule has 1 amide bonds. The molecule has 0 saturated carbocycles. The monoisotopic (exact) mass is 245 g/mol. The Morgan fingerprint density at radius 1 is 1.39 bits per heavy atom. The molecule has 0 spiro atoms. The van der Waals surface area contributed by atoms with E-state index in [1.165, 1.54) is 0 Å². The molecule has 0 aromatic heterocycles. The fourth-order valence-corrected chi connectivity index (χ4v) is 1.45. The zero-order valence-electron chi connectivity index (χ0n) is 10.1. The summed E-state index contributed by atoms with van der Waals surface area (Å²) in [4.78, 5) is 22.6. The van der Waals surface area contributed by atoms with Crippen LogP contribution in [0.4, 0.5) is 0 Å². The minimum atomic E-state index is -1.13. The number of hydrogen-bond acceptors (Lipinski definition) is 2.